The summed E-state index contributed by atoms with van der Waals surface area (Å²) in [5, 5.41) is 0. The first-order valence-electron chi connectivity index (χ1n) is 16.4. The molecule has 0 amide bonds. The molecule has 0 spiro atoms. The maximum absolute atomic E-state index is 13.6. The van der Waals surface area contributed by atoms with Crippen molar-refractivity contribution in [3.63, 3.8) is 0 Å². The lowest BCUT2D eigenvalue weighted by Crippen LogP contribution is -2.35. The Bertz CT molecular complexity index is 1260. The summed E-state index contributed by atoms with van der Waals surface area (Å²) in [6.07, 6.45) is 5.52. The summed E-state index contributed by atoms with van der Waals surface area (Å²) < 4.78 is 33.1. The van der Waals surface area contributed by atoms with E-state index in [4.69, 9.17) is 4.74 Å². The van der Waals surface area contributed by atoms with Crippen LogP contribution in [0.5, 0.6) is 5.75 Å². The summed E-state index contributed by atoms with van der Waals surface area (Å²) >= 11 is 0. The molecule has 1 saturated heterocycles. The van der Waals surface area contributed by atoms with E-state index in [9.17, 15) is 8.78 Å². The van der Waals surface area contributed by atoms with E-state index in [0.29, 0.717) is 6.04 Å². The molecule has 0 unspecified atom stereocenters. The fourth-order valence-electron chi connectivity index (χ4n) is 6.67. The van der Waals surface area contributed by atoms with Gasteiger partial charge in [-0.1, -0.05) is 90.8 Å². The van der Waals surface area contributed by atoms with Gasteiger partial charge in [-0.3, -0.25) is 4.90 Å². The molecular weight excluding hydrogens is 550 g/mol. The lowest BCUT2D eigenvalue weighted by Gasteiger charge is -2.31. The minimum Gasteiger partial charge on any atom is -0.496 e. The van der Waals surface area contributed by atoms with Gasteiger partial charge >= 0.3 is 0 Å². The third kappa shape index (κ3) is 8.91. The molecule has 0 bridgehead atoms. The summed E-state index contributed by atoms with van der Waals surface area (Å²) in [4.78, 5) is 5.16. The highest BCUT2D eigenvalue weighted by Gasteiger charge is 2.30. The number of rotatable bonds is 12. The van der Waals surface area contributed by atoms with Crippen LogP contribution in [-0.2, 0) is 17.4 Å². The van der Waals surface area contributed by atoms with Gasteiger partial charge in [0.05, 0.1) is 7.11 Å². The molecule has 3 aromatic rings. The van der Waals surface area contributed by atoms with Crippen molar-refractivity contribution in [3.8, 4) is 5.75 Å². The van der Waals surface area contributed by atoms with Gasteiger partial charge in [0.1, 0.15) is 17.4 Å². The normalized spacial score (nSPS) is 16.3. The SMILES string of the molecule is COc1c(C(C)(C)C)cc(CN2CC[C@@H](N(C)CCCCCC(c3ccc(F)cc3)c3ccc(F)cc3)C2)cc1C(C)(C)C. The van der Waals surface area contributed by atoms with Crippen LogP contribution in [0.1, 0.15) is 107 Å². The third-order valence-corrected chi connectivity index (χ3v) is 9.29. The van der Waals surface area contributed by atoms with Gasteiger partial charge in [-0.15, -0.1) is 0 Å². The lowest BCUT2D eigenvalue weighted by atomic mass is 9.78. The van der Waals surface area contributed by atoms with Gasteiger partial charge in [0.25, 0.3) is 0 Å². The number of likely N-dealkylation sites (N-methyl/N-ethyl adjacent to an activating group) is 1. The van der Waals surface area contributed by atoms with Crippen molar-refractivity contribution >= 4 is 0 Å². The van der Waals surface area contributed by atoms with Crippen molar-refractivity contribution < 1.29 is 13.5 Å². The zero-order chi connectivity index (χ0) is 32.1. The average Bonchev–Trinajstić information content (AvgIpc) is 3.43. The number of hydrogen-bond acceptors (Lipinski definition) is 3. The number of benzene rings is 3. The minimum atomic E-state index is -0.228. The summed E-state index contributed by atoms with van der Waals surface area (Å²) in [5.41, 5.74) is 6.14. The topological polar surface area (TPSA) is 15.7 Å². The Morgan fingerprint density at radius 3 is 1.82 bits per heavy atom. The van der Waals surface area contributed by atoms with Gasteiger partial charge < -0.3 is 9.64 Å². The second-order valence-electron chi connectivity index (χ2n) is 14.9. The number of likely N-dealkylation sites (tertiary alicyclic amines) is 1. The van der Waals surface area contributed by atoms with Crippen LogP contribution in [0.25, 0.3) is 0 Å². The Balaban J connectivity index is 1.30. The average molecular weight is 605 g/mol. The molecule has 3 nitrogen and oxygen atoms in total. The summed E-state index contributed by atoms with van der Waals surface area (Å²) in [7, 11) is 4.08. The van der Waals surface area contributed by atoms with Crippen molar-refractivity contribution in [2.45, 2.75) is 103 Å². The van der Waals surface area contributed by atoms with Gasteiger partial charge in [-0.05, 0) is 84.6 Å². The fraction of sp³-hybridized carbons (Fsp3) is 0.538. The maximum atomic E-state index is 13.6. The van der Waals surface area contributed by atoms with Gasteiger partial charge in [-0.2, -0.15) is 0 Å². The van der Waals surface area contributed by atoms with E-state index < -0.39 is 0 Å². The van der Waals surface area contributed by atoms with E-state index in [1.165, 1.54) is 47.4 Å². The molecule has 1 heterocycles. The predicted molar refractivity (Wildman–Crippen MR) is 180 cm³/mol. The molecule has 1 aliphatic rings. The molecule has 0 N–H and O–H groups in total. The molecule has 0 aromatic heterocycles. The summed E-state index contributed by atoms with van der Waals surface area (Å²) in [5.74, 6) is 0.726. The van der Waals surface area contributed by atoms with E-state index in [1.54, 1.807) is 7.11 Å². The van der Waals surface area contributed by atoms with Crippen LogP contribution in [0, 0.1) is 11.6 Å². The quantitative estimate of drug-likeness (QED) is 0.192. The second-order valence-corrected chi connectivity index (χ2v) is 14.9. The number of unbranched alkanes of at least 4 members (excludes halogenated alkanes) is 2. The first kappa shape index (κ1) is 34.1. The summed E-state index contributed by atoms with van der Waals surface area (Å²) in [6, 6.07) is 18.9. The van der Waals surface area contributed by atoms with Crippen molar-refractivity contribution in [3.05, 3.63) is 100 Å². The van der Waals surface area contributed by atoms with E-state index in [0.717, 1.165) is 68.7 Å². The van der Waals surface area contributed by atoms with Crippen LogP contribution in [0.4, 0.5) is 8.78 Å². The van der Waals surface area contributed by atoms with Crippen molar-refractivity contribution in [1.82, 2.24) is 9.80 Å². The highest BCUT2D eigenvalue weighted by atomic mass is 19.1. The summed E-state index contributed by atoms with van der Waals surface area (Å²) in [6.45, 7) is 17.9. The van der Waals surface area contributed by atoms with Crippen LogP contribution in [0.3, 0.4) is 0 Å². The van der Waals surface area contributed by atoms with Crippen molar-refractivity contribution in [2.75, 3.05) is 33.8 Å². The zero-order valence-corrected chi connectivity index (χ0v) is 28.4. The van der Waals surface area contributed by atoms with Gasteiger partial charge in [-0.25, -0.2) is 8.78 Å². The minimum absolute atomic E-state index is 0.00711. The Hall–Kier alpha value is -2.76. The molecule has 44 heavy (non-hydrogen) atoms. The van der Waals surface area contributed by atoms with Crippen LogP contribution in [-0.4, -0.2) is 49.6 Å². The second kappa shape index (κ2) is 14.6. The van der Waals surface area contributed by atoms with Crippen LogP contribution in [0.2, 0.25) is 0 Å². The Kier molecular flexibility index (Phi) is 11.3. The first-order valence-corrected chi connectivity index (χ1v) is 16.4. The molecule has 1 fully saturated rings. The zero-order valence-electron chi connectivity index (χ0n) is 28.4. The number of halogens is 2. The van der Waals surface area contributed by atoms with E-state index >= 15 is 0 Å². The van der Waals surface area contributed by atoms with E-state index in [2.05, 4.69) is 70.5 Å². The van der Waals surface area contributed by atoms with E-state index in [-0.39, 0.29) is 28.4 Å². The molecule has 0 radical (unpaired) electrons. The molecule has 0 aliphatic carbocycles. The lowest BCUT2D eigenvalue weighted by molar-refractivity contribution is 0.225. The Morgan fingerprint density at radius 1 is 0.818 bits per heavy atom. The Labute approximate surface area is 265 Å². The van der Waals surface area contributed by atoms with Gasteiger partial charge in [0.15, 0.2) is 0 Å². The Morgan fingerprint density at radius 2 is 1.34 bits per heavy atom. The van der Waals surface area contributed by atoms with E-state index in [1.807, 2.05) is 24.3 Å². The maximum Gasteiger partial charge on any atom is 0.126 e. The third-order valence-electron chi connectivity index (χ3n) is 9.29. The first-order chi connectivity index (χ1) is 20.8. The molecular formula is C39H54F2N2O. The van der Waals surface area contributed by atoms with Crippen LogP contribution in [0.15, 0.2) is 60.7 Å². The molecule has 4 rings (SSSR count). The molecule has 5 heteroatoms. The molecule has 0 saturated carbocycles. The van der Waals surface area contributed by atoms with Crippen LogP contribution < -0.4 is 4.74 Å². The molecule has 1 atom stereocenters. The van der Waals surface area contributed by atoms with Gasteiger partial charge in [0, 0.05) is 42.7 Å². The smallest absolute Gasteiger partial charge is 0.126 e. The number of nitrogens with zero attached hydrogens (tertiary/aromatic N) is 2. The van der Waals surface area contributed by atoms with Crippen molar-refractivity contribution in [2.24, 2.45) is 0 Å². The highest BCUT2D eigenvalue weighted by Crippen LogP contribution is 2.41. The largest absolute Gasteiger partial charge is 0.496 e. The van der Waals surface area contributed by atoms with Crippen molar-refractivity contribution in [1.29, 1.82) is 0 Å². The fourth-order valence-corrected chi connectivity index (χ4v) is 6.67. The number of hydrogen-bond donors (Lipinski definition) is 0. The molecule has 240 valence electrons. The monoisotopic (exact) mass is 604 g/mol. The molecule has 1 aliphatic heterocycles. The number of ether oxygens (including phenoxy) is 1. The van der Waals surface area contributed by atoms with Crippen LogP contribution >= 0.6 is 0 Å². The van der Waals surface area contributed by atoms with Gasteiger partial charge in [0.2, 0.25) is 0 Å². The molecule has 3 aromatic carbocycles. The standard InChI is InChI=1S/C39H54F2N2O/c1-38(2,3)35-24-28(25-36(37(35)44-8)39(4,5)6)26-43-23-21-33(27-43)42(7)22-11-9-10-12-34(29-13-17-31(40)18-14-29)30-15-19-32(41)20-16-30/h13-20,24-25,33-34H,9-12,21-23,26-27H2,1-8H3/t33-/m1/s1. The predicted octanol–water partition coefficient (Wildman–Crippen LogP) is 9.47. The number of methoxy groups -OCH3 is 1. The highest BCUT2D eigenvalue weighted by molar-refractivity contribution is 5.51.